The fourth-order valence-corrected chi connectivity index (χ4v) is 2.01. The van der Waals surface area contributed by atoms with Gasteiger partial charge in [-0.2, -0.15) is 0 Å². The summed E-state index contributed by atoms with van der Waals surface area (Å²) in [5.41, 5.74) is 1.97. The lowest BCUT2D eigenvalue weighted by Crippen LogP contribution is -2.42. The highest BCUT2D eigenvalue weighted by Gasteiger charge is 2.20. The molecule has 0 saturated carbocycles. The summed E-state index contributed by atoms with van der Waals surface area (Å²) in [5.74, 6) is 0. The number of rotatable bonds is 6. The Morgan fingerprint density at radius 2 is 2.28 bits per heavy atom. The molecule has 0 saturated heterocycles. The maximum Gasteiger partial charge on any atom is 0.137 e. The van der Waals surface area contributed by atoms with Crippen molar-refractivity contribution in [3.63, 3.8) is 0 Å². The average Bonchev–Trinajstić information content (AvgIpc) is 2.79. The van der Waals surface area contributed by atoms with E-state index in [0.717, 1.165) is 30.7 Å². The van der Waals surface area contributed by atoms with Crippen LogP contribution in [0, 0.1) is 0 Å². The van der Waals surface area contributed by atoms with E-state index in [2.05, 4.69) is 24.1 Å². The Kier molecular flexibility index (Phi) is 3.99. The number of nitrogens with one attached hydrogen (secondary N) is 1. The molecule has 2 aromatic heterocycles. The molecule has 18 heavy (non-hydrogen) atoms. The van der Waals surface area contributed by atoms with Crippen LogP contribution in [0.3, 0.4) is 0 Å². The van der Waals surface area contributed by atoms with Gasteiger partial charge in [0.2, 0.25) is 0 Å². The summed E-state index contributed by atoms with van der Waals surface area (Å²) in [6.07, 6.45) is 5.79. The van der Waals surface area contributed by atoms with Crippen molar-refractivity contribution in [2.75, 3.05) is 6.61 Å². The molecule has 4 heteroatoms. The molecule has 2 rings (SSSR count). The minimum absolute atomic E-state index is 0.0233. The van der Waals surface area contributed by atoms with Crippen LogP contribution < -0.4 is 5.32 Å². The molecule has 0 radical (unpaired) electrons. The lowest BCUT2D eigenvalue weighted by molar-refractivity contribution is 0.214. The van der Waals surface area contributed by atoms with Gasteiger partial charge in [0.05, 0.1) is 5.69 Å². The molecule has 0 amide bonds. The van der Waals surface area contributed by atoms with Crippen LogP contribution >= 0.6 is 0 Å². The van der Waals surface area contributed by atoms with E-state index in [9.17, 15) is 0 Å². The van der Waals surface area contributed by atoms with Gasteiger partial charge in [-0.1, -0.05) is 13.0 Å². The molecule has 0 fully saturated rings. The smallest absolute Gasteiger partial charge is 0.137 e. The third-order valence-corrected chi connectivity index (χ3v) is 3.55. The Morgan fingerprint density at radius 1 is 1.44 bits per heavy atom. The van der Waals surface area contributed by atoms with Gasteiger partial charge in [0.1, 0.15) is 5.65 Å². The zero-order valence-electron chi connectivity index (χ0n) is 11.1. The van der Waals surface area contributed by atoms with E-state index in [1.165, 1.54) is 0 Å². The van der Waals surface area contributed by atoms with E-state index in [0.29, 0.717) is 0 Å². The number of hydrogen-bond donors (Lipinski definition) is 2. The molecule has 0 aliphatic carbocycles. The summed E-state index contributed by atoms with van der Waals surface area (Å²) in [6.45, 7) is 5.21. The fraction of sp³-hybridized carbons (Fsp3) is 0.500. The minimum atomic E-state index is -0.0233. The number of hydrogen-bond acceptors (Lipinski definition) is 3. The van der Waals surface area contributed by atoms with E-state index >= 15 is 0 Å². The van der Waals surface area contributed by atoms with Crippen LogP contribution in [-0.2, 0) is 6.54 Å². The second kappa shape index (κ2) is 5.50. The maximum atomic E-state index is 9.08. The molecule has 2 aromatic rings. The largest absolute Gasteiger partial charge is 0.396 e. The summed E-state index contributed by atoms with van der Waals surface area (Å²) in [6, 6.07) is 5.98. The summed E-state index contributed by atoms with van der Waals surface area (Å²) in [4.78, 5) is 4.55. The lowest BCUT2D eigenvalue weighted by Gasteiger charge is -2.28. The van der Waals surface area contributed by atoms with Crippen molar-refractivity contribution in [1.82, 2.24) is 14.7 Å². The van der Waals surface area contributed by atoms with Gasteiger partial charge in [-0.3, -0.25) is 0 Å². The molecule has 0 aliphatic heterocycles. The number of pyridine rings is 1. The van der Waals surface area contributed by atoms with E-state index in [1.54, 1.807) is 0 Å². The first-order chi connectivity index (χ1) is 8.67. The minimum Gasteiger partial charge on any atom is -0.396 e. The van der Waals surface area contributed by atoms with Crippen LogP contribution in [0.15, 0.2) is 30.6 Å². The van der Waals surface area contributed by atoms with Crippen LogP contribution in [0.2, 0.25) is 0 Å². The first-order valence-corrected chi connectivity index (χ1v) is 6.45. The van der Waals surface area contributed by atoms with Crippen molar-refractivity contribution < 1.29 is 5.11 Å². The average molecular weight is 247 g/mol. The molecule has 1 atom stereocenters. The molecule has 0 spiro atoms. The number of fused-ring (bicyclic) bond motifs is 1. The Bertz CT molecular complexity index is 475. The number of aromatic nitrogens is 2. The molecular formula is C14H21N3O. The number of nitrogens with zero attached hydrogens (tertiary/aromatic N) is 2. The number of imidazole rings is 1. The normalized spacial score (nSPS) is 14.8. The molecule has 2 heterocycles. The van der Waals surface area contributed by atoms with Gasteiger partial charge in [-0.15, -0.1) is 0 Å². The van der Waals surface area contributed by atoms with Crippen LogP contribution in [0.1, 0.15) is 32.4 Å². The van der Waals surface area contributed by atoms with Crippen molar-refractivity contribution in [3.05, 3.63) is 36.3 Å². The third kappa shape index (κ3) is 2.89. The molecular weight excluding hydrogens is 226 g/mol. The highest BCUT2D eigenvalue weighted by atomic mass is 16.3. The molecule has 0 aliphatic rings. The zero-order chi connectivity index (χ0) is 13.0. The Hall–Kier alpha value is -1.39. The van der Waals surface area contributed by atoms with Crippen molar-refractivity contribution in [2.24, 2.45) is 0 Å². The first-order valence-electron chi connectivity index (χ1n) is 6.45. The van der Waals surface area contributed by atoms with Gasteiger partial charge in [0.25, 0.3) is 0 Å². The van der Waals surface area contributed by atoms with E-state index < -0.39 is 0 Å². The molecule has 0 bridgehead atoms. The van der Waals surface area contributed by atoms with Crippen molar-refractivity contribution in [3.8, 4) is 0 Å². The number of aliphatic hydroxyl groups is 1. The lowest BCUT2D eigenvalue weighted by atomic mass is 9.95. The van der Waals surface area contributed by atoms with E-state index in [4.69, 9.17) is 5.11 Å². The Balaban J connectivity index is 2.05. The van der Waals surface area contributed by atoms with Crippen molar-refractivity contribution in [1.29, 1.82) is 0 Å². The van der Waals surface area contributed by atoms with Crippen molar-refractivity contribution in [2.45, 2.75) is 38.8 Å². The quantitative estimate of drug-likeness (QED) is 0.820. The standard InChI is InChI=1S/C14H21N3O/c1-3-14(2,7-9-18)15-10-12-11-17-8-5-4-6-13(17)16-12/h4-6,8,11,15,18H,3,7,9-10H2,1-2H3. The van der Waals surface area contributed by atoms with Gasteiger partial charge in [0.15, 0.2) is 0 Å². The van der Waals surface area contributed by atoms with Gasteiger partial charge in [-0.05, 0) is 31.9 Å². The predicted molar refractivity (Wildman–Crippen MR) is 72.4 cm³/mol. The van der Waals surface area contributed by atoms with Gasteiger partial charge >= 0.3 is 0 Å². The fourth-order valence-electron chi connectivity index (χ4n) is 2.01. The van der Waals surface area contributed by atoms with Gasteiger partial charge in [0, 0.05) is 31.1 Å². The van der Waals surface area contributed by atoms with Crippen molar-refractivity contribution >= 4 is 5.65 Å². The Labute approximate surface area is 108 Å². The first kappa shape index (κ1) is 13.1. The highest BCUT2D eigenvalue weighted by molar-refractivity contribution is 5.39. The summed E-state index contributed by atoms with van der Waals surface area (Å²) in [5, 5.41) is 12.6. The van der Waals surface area contributed by atoms with Crippen LogP contribution in [-0.4, -0.2) is 26.6 Å². The second-order valence-electron chi connectivity index (χ2n) is 4.94. The van der Waals surface area contributed by atoms with Crippen LogP contribution in [0.5, 0.6) is 0 Å². The second-order valence-corrected chi connectivity index (χ2v) is 4.94. The summed E-state index contributed by atoms with van der Waals surface area (Å²) in [7, 11) is 0. The summed E-state index contributed by atoms with van der Waals surface area (Å²) < 4.78 is 2.02. The third-order valence-electron chi connectivity index (χ3n) is 3.55. The van der Waals surface area contributed by atoms with E-state index in [1.807, 2.05) is 35.0 Å². The predicted octanol–water partition coefficient (Wildman–Crippen LogP) is 1.98. The highest BCUT2D eigenvalue weighted by Crippen LogP contribution is 2.15. The molecule has 0 aromatic carbocycles. The van der Waals surface area contributed by atoms with Crippen LogP contribution in [0.4, 0.5) is 0 Å². The molecule has 2 N–H and O–H groups in total. The topological polar surface area (TPSA) is 49.6 Å². The SMILES string of the molecule is CCC(C)(CCO)NCc1cn2ccccc2n1. The van der Waals surface area contributed by atoms with Gasteiger partial charge in [-0.25, -0.2) is 4.98 Å². The molecule has 98 valence electrons. The molecule has 1 unspecified atom stereocenters. The van der Waals surface area contributed by atoms with E-state index in [-0.39, 0.29) is 12.1 Å². The zero-order valence-corrected chi connectivity index (χ0v) is 11.1. The monoisotopic (exact) mass is 247 g/mol. The maximum absolute atomic E-state index is 9.08. The molecule has 4 nitrogen and oxygen atoms in total. The number of aliphatic hydroxyl groups excluding tert-OH is 1. The van der Waals surface area contributed by atoms with Gasteiger partial charge < -0.3 is 14.8 Å². The Morgan fingerprint density at radius 3 is 2.94 bits per heavy atom. The van der Waals surface area contributed by atoms with Crippen LogP contribution in [0.25, 0.3) is 5.65 Å². The summed E-state index contributed by atoms with van der Waals surface area (Å²) >= 11 is 0.